The number of pyridine rings is 1. The van der Waals surface area contributed by atoms with Gasteiger partial charge < -0.3 is 0 Å². The fourth-order valence-electron chi connectivity index (χ4n) is 2.06. The zero-order valence-electron chi connectivity index (χ0n) is 10.3. The van der Waals surface area contributed by atoms with E-state index in [0.717, 1.165) is 27.7 Å². The van der Waals surface area contributed by atoms with Crippen molar-refractivity contribution in [2.75, 3.05) is 5.33 Å². The highest BCUT2D eigenvalue weighted by molar-refractivity contribution is 9.10. The molecule has 2 rings (SSSR count). The average molecular weight is 404 g/mol. The molecule has 1 atom stereocenters. The second-order valence-electron chi connectivity index (χ2n) is 4.53. The Bertz CT molecular complexity index is 545. The van der Waals surface area contributed by atoms with Gasteiger partial charge in [-0.05, 0) is 57.9 Å². The number of hydrogen-bond donors (Lipinski definition) is 0. The highest BCUT2D eigenvalue weighted by Gasteiger charge is 2.12. The van der Waals surface area contributed by atoms with Crippen LogP contribution >= 0.6 is 43.5 Å². The van der Waals surface area contributed by atoms with Gasteiger partial charge >= 0.3 is 0 Å². The number of nitrogens with zero attached hydrogens (tertiary/aromatic N) is 1. The molecule has 0 aliphatic carbocycles. The van der Waals surface area contributed by atoms with E-state index in [-0.39, 0.29) is 0 Å². The molecule has 0 saturated carbocycles. The monoisotopic (exact) mass is 401 g/mol. The minimum Gasteiger partial charge on any atom is -0.263 e. The fraction of sp³-hybridized carbons (Fsp3) is 0.267. The van der Waals surface area contributed by atoms with Gasteiger partial charge in [-0.1, -0.05) is 45.7 Å². The van der Waals surface area contributed by atoms with Crippen LogP contribution in [0.3, 0.4) is 0 Å². The molecule has 0 fully saturated rings. The van der Waals surface area contributed by atoms with Gasteiger partial charge in [-0.2, -0.15) is 0 Å². The summed E-state index contributed by atoms with van der Waals surface area (Å²) in [5.74, 6) is 0.510. The van der Waals surface area contributed by atoms with Gasteiger partial charge in [-0.25, -0.2) is 0 Å². The first-order valence-corrected chi connectivity index (χ1v) is 8.37. The molecule has 0 N–H and O–H groups in total. The molecule has 1 aromatic heterocycles. The third-order valence-electron chi connectivity index (χ3n) is 2.97. The highest BCUT2D eigenvalue weighted by atomic mass is 79.9. The van der Waals surface area contributed by atoms with Gasteiger partial charge in [0.05, 0.1) is 0 Å². The van der Waals surface area contributed by atoms with Crippen LogP contribution in [0.15, 0.2) is 47.2 Å². The first kappa shape index (κ1) is 15.0. The van der Waals surface area contributed by atoms with E-state index in [4.69, 9.17) is 11.6 Å². The van der Waals surface area contributed by atoms with E-state index >= 15 is 0 Å². The van der Waals surface area contributed by atoms with Gasteiger partial charge in [0.25, 0.3) is 0 Å². The number of hydrogen-bond acceptors (Lipinski definition) is 1. The van der Waals surface area contributed by atoms with Crippen LogP contribution < -0.4 is 0 Å². The van der Waals surface area contributed by atoms with Crippen LogP contribution in [0.25, 0.3) is 0 Å². The van der Waals surface area contributed by atoms with Crippen molar-refractivity contribution in [3.8, 4) is 0 Å². The Morgan fingerprint density at radius 2 is 1.95 bits per heavy atom. The summed E-state index contributed by atoms with van der Waals surface area (Å²) >= 11 is 13.3. The second kappa shape index (κ2) is 7.41. The molecule has 1 unspecified atom stereocenters. The number of rotatable bonds is 5. The van der Waals surface area contributed by atoms with Crippen molar-refractivity contribution in [2.24, 2.45) is 5.92 Å². The molecule has 0 bridgehead atoms. The molecule has 0 amide bonds. The molecule has 0 saturated heterocycles. The maximum absolute atomic E-state index is 6.22. The minimum atomic E-state index is 0.510. The standard InChI is InChI=1S/C15H14Br2ClN/c16-8-11(5-12-7-14(17)10-19-9-12)6-13-3-1-2-4-15(13)18/h1-4,7,9-11H,5-6,8H2. The number of aromatic nitrogens is 1. The smallest absolute Gasteiger partial charge is 0.0438 e. The maximum atomic E-state index is 6.22. The Morgan fingerprint density at radius 1 is 1.16 bits per heavy atom. The Morgan fingerprint density at radius 3 is 2.63 bits per heavy atom. The van der Waals surface area contributed by atoms with Gasteiger partial charge in [0.2, 0.25) is 0 Å². The van der Waals surface area contributed by atoms with Crippen molar-refractivity contribution in [1.82, 2.24) is 4.98 Å². The van der Waals surface area contributed by atoms with Gasteiger partial charge in [0, 0.05) is 27.2 Å². The van der Waals surface area contributed by atoms with Crippen LogP contribution in [0.4, 0.5) is 0 Å². The third-order valence-corrected chi connectivity index (χ3v) is 4.69. The van der Waals surface area contributed by atoms with Crippen LogP contribution in [-0.4, -0.2) is 10.3 Å². The molecule has 0 spiro atoms. The Balaban J connectivity index is 2.07. The van der Waals surface area contributed by atoms with E-state index in [2.05, 4.69) is 49.0 Å². The van der Waals surface area contributed by atoms with Crippen molar-refractivity contribution in [2.45, 2.75) is 12.8 Å². The largest absolute Gasteiger partial charge is 0.263 e. The zero-order chi connectivity index (χ0) is 13.7. The first-order valence-electron chi connectivity index (χ1n) is 6.08. The summed E-state index contributed by atoms with van der Waals surface area (Å²) < 4.78 is 1.02. The highest BCUT2D eigenvalue weighted by Crippen LogP contribution is 2.23. The van der Waals surface area contributed by atoms with E-state index in [0.29, 0.717) is 5.92 Å². The van der Waals surface area contributed by atoms with E-state index in [1.807, 2.05) is 24.4 Å². The van der Waals surface area contributed by atoms with E-state index in [9.17, 15) is 0 Å². The molecule has 0 aliphatic rings. The molecule has 1 heterocycles. The lowest BCUT2D eigenvalue weighted by Gasteiger charge is -2.15. The average Bonchev–Trinajstić information content (AvgIpc) is 2.40. The number of benzene rings is 1. The molecule has 4 heteroatoms. The van der Waals surface area contributed by atoms with Crippen molar-refractivity contribution < 1.29 is 0 Å². The second-order valence-corrected chi connectivity index (χ2v) is 6.50. The number of alkyl halides is 1. The van der Waals surface area contributed by atoms with Crippen LogP contribution in [0, 0.1) is 5.92 Å². The fourth-order valence-corrected chi connectivity index (χ4v) is 3.14. The van der Waals surface area contributed by atoms with Gasteiger partial charge in [-0.3, -0.25) is 4.98 Å². The third kappa shape index (κ3) is 4.59. The summed E-state index contributed by atoms with van der Waals surface area (Å²) in [5.41, 5.74) is 2.45. The predicted molar refractivity (Wildman–Crippen MR) is 88.1 cm³/mol. The SMILES string of the molecule is Clc1ccccc1CC(CBr)Cc1cncc(Br)c1. The quantitative estimate of drug-likeness (QED) is 0.618. The van der Waals surface area contributed by atoms with Gasteiger partial charge in [-0.15, -0.1) is 0 Å². The number of halogens is 3. The molecule has 19 heavy (non-hydrogen) atoms. The van der Waals surface area contributed by atoms with Crippen LogP contribution in [0.5, 0.6) is 0 Å². The first-order chi connectivity index (χ1) is 9.19. The van der Waals surface area contributed by atoms with Crippen LogP contribution in [0.2, 0.25) is 5.02 Å². The topological polar surface area (TPSA) is 12.9 Å². The molecule has 0 radical (unpaired) electrons. The molecular formula is C15H14Br2ClN. The molecular weight excluding hydrogens is 389 g/mol. The summed E-state index contributed by atoms with van der Waals surface area (Å²) in [6.45, 7) is 0. The van der Waals surface area contributed by atoms with Gasteiger partial charge in [0.1, 0.15) is 0 Å². The van der Waals surface area contributed by atoms with Crippen molar-refractivity contribution in [3.63, 3.8) is 0 Å². The lowest BCUT2D eigenvalue weighted by atomic mass is 9.95. The summed E-state index contributed by atoms with van der Waals surface area (Å²) in [5, 5.41) is 1.80. The molecule has 0 aliphatic heterocycles. The van der Waals surface area contributed by atoms with Crippen LogP contribution in [-0.2, 0) is 12.8 Å². The van der Waals surface area contributed by atoms with Gasteiger partial charge in [0.15, 0.2) is 0 Å². The lowest BCUT2D eigenvalue weighted by molar-refractivity contribution is 0.590. The molecule has 1 aromatic carbocycles. The van der Waals surface area contributed by atoms with E-state index in [1.165, 1.54) is 11.1 Å². The molecule has 2 aromatic rings. The van der Waals surface area contributed by atoms with E-state index < -0.39 is 0 Å². The lowest BCUT2D eigenvalue weighted by Crippen LogP contribution is -2.10. The summed E-state index contributed by atoms with van der Waals surface area (Å²) in [6, 6.07) is 10.2. The van der Waals surface area contributed by atoms with Crippen molar-refractivity contribution in [1.29, 1.82) is 0 Å². The summed E-state index contributed by atoms with van der Waals surface area (Å²) in [7, 11) is 0. The van der Waals surface area contributed by atoms with Crippen molar-refractivity contribution >= 4 is 43.5 Å². The van der Waals surface area contributed by atoms with E-state index in [1.54, 1.807) is 6.20 Å². The Kier molecular flexibility index (Phi) is 5.86. The molecule has 100 valence electrons. The minimum absolute atomic E-state index is 0.510. The summed E-state index contributed by atoms with van der Waals surface area (Å²) in [6.07, 6.45) is 5.69. The predicted octanol–water partition coefficient (Wildman–Crippen LogP) is 5.29. The zero-order valence-corrected chi connectivity index (χ0v) is 14.2. The molecule has 1 nitrogen and oxygen atoms in total. The Hall–Kier alpha value is -0.380. The maximum Gasteiger partial charge on any atom is 0.0438 e. The normalized spacial score (nSPS) is 12.4. The van der Waals surface area contributed by atoms with Crippen molar-refractivity contribution in [3.05, 3.63) is 63.3 Å². The van der Waals surface area contributed by atoms with Crippen LogP contribution in [0.1, 0.15) is 11.1 Å². The summed E-state index contributed by atoms with van der Waals surface area (Å²) in [4.78, 5) is 4.21. The Labute approximate surface area is 135 Å².